The smallest absolute Gasteiger partial charge is 0.416 e. The van der Waals surface area contributed by atoms with Crippen molar-refractivity contribution in [2.75, 3.05) is 40.0 Å². The average molecular weight is 609 g/mol. The fourth-order valence-corrected chi connectivity index (χ4v) is 5.45. The molecule has 1 aliphatic heterocycles. The van der Waals surface area contributed by atoms with Crippen molar-refractivity contribution in [2.24, 2.45) is 0 Å². The van der Waals surface area contributed by atoms with Gasteiger partial charge in [0, 0.05) is 43.0 Å². The van der Waals surface area contributed by atoms with Crippen LogP contribution < -0.4 is 14.8 Å². The summed E-state index contributed by atoms with van der Waals surface area (Å²) in [6, 6.07) is 5.86. The highest BCUT2D eigenvalue weighted by atomic mass is 19.4. The summed E-state index contributed by atoms with van der Waals surface area (Å²) in [6.45, 7) is 1.85. The normalized spacial score (nSPS) is 20.9. The van der Waals surface area contributed by atoms with E-state index in [1.54, 1.807) is 12.1 Å². The first-order valence-corrected chi connectivity index (χ1v) is 13.9. The number of hydrogen-bond acceptors (Lipinski definition) is 8. The quantitative estimate of drug-likeness (QED) is 0.270. The summed E-state index contributed by atoms with van der Waals surface area (Å²) >= 11 is 0. The third-order valence-corrected chi connectivity index (χ3v) is 7.47. The Balaban J connectivity index is 1.78. The van der Waals surface area contributed by atoms with Crippen LogP contribution in [0, 0.1) is 0 Å². The Kier molecular flexibility index (Phi) is 10.3. The summed E-state index contributed by atoms with van der Waals surface area (Å²) in [5, 5.41) is 33.4. The lowest BCUT2D eigenvalue weighted by Crippen LogP contribution is -2.56. The second kappa shape index (κ2) is 13.8. The lowest BCUT2D eigenvalue weighted by atomic mass is 9.77. The third kappa shape index (κ3) is 6.80. The number of nitrogens with zero attached hydrogens (tertiary/aromatic N) is 1. The maximum atomic E-state index is 13.8. The molecule has 4 unspecified atom stereocenters. The minimum atomic E-state index is -4.58. The minimum absolute atomic E-state index is 0.0386. The molecule has 0 spiro atoms. The number of hydrogen-bond donors (Lipinski definition) is 4. The number of fused-ring (bicyclic) bond motifs is 3. The van der Waals surface area contributed by atoms with Crippen molar-refractivity contribution in [2.45, 2.75) is 50.3 Å². The molecule has 0 saturated carbocycles. The predicted molar refractivity (Wildman–Crippen MR) is 148 cm³/mol. The second-order valence-corrected chi connectivity index (χ2v) is 10.1. The van der Waals surface area contributed by atoms with Gasteiger partial charge in [-0.25, -0.2) is 0 Å². The van der Waals surface area contributed by atoms with Gasteiger partial charge < -0.3 is 39.7 Å². The number of methoxy groups -OCH3 is 1. The Bertz CT molecular complexity index is 1330. The highest BCUT2D eigenvalue weighted by Crippen LogP contribution is 2.51. The molecule has 0 fully saturated rings. The molecule has 13 heteroatoms. The summed E-state index contributed by atoms with van der Waals surface area (Å²) in [7, 11) is 1.41. The Morgan fingerprint density at radius 3 is 2.47 bits per heavy atom. The summed E-state index contributed by atoms with van der Waals surface area (Å²) in [4.78, 5) is 28.5. The van der Waals surface area contributed by atoms with Crippen LogP contribution in [0.4, 0.5) is 13.2 Å². The molecule has 10 nitrogen and oxygen atoms in total. The summed E-state index contributed by atoms with van der Waals surface area (Å²) in [6.07, 6.45) is -5.22. The highest BCUT2D eigenvalue weighted by Gasteiger charge is 2.51. The molecule has 1 aliphatic carbocycles. The van der Waals surface area contributed by atoms with E-state index in [1.807, 2.05) is 6.92 Å². The maximum absolute atomic E-state index is 13.8. The Labute approximate surface area is 246 Å². The van der Waals surface area contributed by atoms with E-state index >= 15 is 0 Å². The lowest BCUT2D eigenvalue weighted by Gasteiger charge is -2.40. The fraction of sp³-hybridized carbons (Fsp3) is 0.467. The zero-order valence-electron chi connectivity index (χ0n) is 23.8. The number of nitrogens with one attached hydrogen (secondary N) is 1. The van der Waals surface area contributed by atoms with Crippen molar-refractivity contribution in [3.63, 3.8) is 0 Å². The molecule has 0 bridgehead atoms. The van der Waals surface area contributed by atoms with Gasteiger partial charge in [0.2, 0.25) is 5.91 Å². The first-order valence-electron chi connectivity index (χ1n) is 13.9. The average Bonchev–Trinajstić information content (AvgIpc) is 3.39. The molecule has 2 aromatic carbocycles. The van der Waals surface area contributed by atoms with Gasteiger partial charge in [-0.2, -0.15) is 13.2 Å². The van der Waals surface area contributed by atoms with Gasteiger partial charge in [0.25, 0.3) is 5.91 Å². The van der Waals surface area contributed by atoms with Gasteiger partial charge in [-0.05, 0) is 61.4 Å². The number of halogens is 3. The second-order valence-electron chi connectivity index (χ2n) is 10.1. The van der Waals surface area contributed by atoms with Gasteiger partial charge in [-0.3, -0.25) is 9.59 Å². The van der Waals surface area contributed by atoms with Crippen molar-refractivity contribution in [3.05, 3.63) is 70.3 Å². The molecular formula is C30H35F3N2O8. The summed E-state index contributed by atoms with van der Waals surface area (Å²) in [5.74, 6) is -1.49. The van der Waals surface area contributed by atoms with Crippen molar-refractivity contribution >= 4 is 11.8 Å². The molecule has 2 aliphatic rings. The van der Waals surface area contributed by atoms with E-state index in [9.17, 15) is 38.1 Å². The van der Waals surface area contributed by atoms with Gasteiger partial charge in [0.15, 0.2) is 11.5 Å². The molecule has 43 heavy (non-hydrogen) atoms. The molecule has 1 heterocycles. The van der Waals surface area contributed by atoms with Crippen LogP contribution in [0.1, 0.15) is 46.3 Å². The van der Waals surface area contributed by atoms with Crippen molar-refractivity contribution in [1.29, 1.82) is 0 Å². The standard InChI is InChI=1S/C30H35F3N2O8/c1-3-42-12-4-10-35(29(40)18-5-7-19(8-6-18)30(31,32)33)22-15-21(28(39)34-9-11-36)24-20-13-17(16-37)14-23(41-2)26(20)43-27(24)25(22)38/h5-8,13-15,22,24-25,27,36-38H,3-4,9-12,16H2,1-2H3,(H,34,39). The van der Waals surface area contributed by atoms with Gasteiger partial charge >= 0.3 is 6.18 Å². The first kappa shape index (κ1) is 32.3. The molecule has 4 N–H and O–H groups in total. The zero-order chi connectivity index (χ0) is 31.3. The van der Waals surface area contributed by atoms with Crippen LogP contribution >= 0.6 is 0 Å². The number of aliphatic hydroxyl groups is 3. The van der Waals surface area contributed by atoms with E-state index in [-0.39, 0.29) is 55.5 Å². The molecule has 2 aromatic rings. The number of carbonyl (C=O) groups is 2. The largest absolute Gasteiger partial charge is 0.493 e. The number of carbonyl (C=O) groups excluding carboxylic acids is 2. The van der Waals surface area contributed by atoms with Gasteiger partial charge in [-0.1, -0.05) is 0 Å². The third-order valence-electron chi connectivity index (χ3n) is 7.47. The molecule has 0 radical (unpaired) electrons. The molecule has 0 aromatic heterocycles. The summed E-state index contributed by atoms with van der Waals surface area (Å²) in [5.41, 5.74) is 0.182. The van der Waals surface area contributed by atoms with E-state index in [0.717, 1.165) is 24.3 Å². The molecule has 2 amide bonds. The van der Waals surface area contributed by atoms with Crippen LogP contribution in [-0.4, -0.2) is 90.3 Å². The lowest BCUT2D eigenvalue weighted by molar-refractivity contribution is -0.137. The summed E-state index contributed by atoms with van der Waals surface area (Å²) < 4.78 is 56.5. The Hall–Kier alpha value is -3.65. The van der Waals surface area contributed by atoms with Crippen LogP contribution in [0.5, 0.6) is 11.5 Å². The molecule has 234 valence electrons. The molecular weight excluding hydrogens is 573 g/mol. The number of amides is 2. The van der Waals surface area contributed by atoms with Crippen LogP contribution in [0.25, 0.3) is 0 Å². The first-order chi connectivity index (χ1) is 20.5. The van der Waals surface area contributed by atoms with Gasteiger partial charge in [0.1, 0.15) is 12.2 Å². The van der Waals surface area contributed by atoms with E-state index < -0.39 is 47.7 Å². The monoisotopic (exact) mass is 608 g/mol. The molecule has 0 saturated heterocycles. The number of rotatable bonds is 12. The highest BCUT2D eigenvalue weighted by molar-refractivity contribution is 5.97. The van der Waals surface area contributed by atoms with Crippen molar-refractivity contribution in [1.82, 2.24) is 10.2 Å². The van der Waals surface area contributed by atoms with E-state index in [0.29, 0.717) is 24.2 Å². The minimum Gasteiger partial charge on any atom is -0.493 e. The van der Waals surface area contributed by atoms with Crippen LogP contribution in [0.15, 0.2) is 48.0 Å². The van der Waals surface area contributed by atoms with E-state index in [4.69, 9.17) is 14.2 Å². The van der Waals surface area contributed by atoms with Crippen LogP contribution in [-0.2, 0) is 22.3 Å². The van der Waals surface area contributed by atoms with Gasteiger partial charge in [0.05, 0.1) is 37.8 Å². The van der Waals surface area contributed by atoms with Crippen LogP contribution in [0.3, 0.4) is 0 Å². The Morgan fingerprint density at radius 2 is 1.86 bits per heavy atom. The SMILES string of the molecule is CCOCCCN(C(=O)c1ccc(C(F)(F)F)cc1)C1C=C(C(=O)NCCO)C2c3cc(CO)cc(OC)c3OC2C1O. The van der Waals surface area contributed by atoms with Gasteiger partial charge in [-0.15, -0.1) is 0 Å². The van der Waals surface area contributed by atoms with Crippen LogP contribution in [0.2, 0.25) is 0 Å². The molecule has 4 rings (SSSR count). The topological polar surface area (TPSA) is 138 Å². The predicted octanol–water partition coefficient (Wildman–Crippen LogP) is 2.40. The van der Waals surface area contributed by atoms with Crippen molar-refractivity contribution in [3.8, 4) is 11.5 Å². The number of alkyl halides is 3. The number of benzene rings is 2. The van der Waals surface area contributed by atoms with Crippen molar-refractivity contribution < 1.29 is 52.3 Å². The number of aliphatic hydroxyl groups excluding tert-OH is 3. The Morgan fingerprint density at radius 1 is 1.14 bits per heavy atom. The van der Waals surface area contributed by atoms with E-state index in [2.05, 4.69) is 5.32 Å². The molecule has 4 atom stereocenters. The number of ether oxygens (including phenoxy) is 3. The van der Waals surface area contributed by atoms with E-state index in [1.165, 1.54) is 18.1 Å². The maximum Gasteiger partial charge on any atom is 0.416 e. The zero-order valence-corrected chi connectivity index (χ0v) is 23.8. The fourth-order valence-electron chi connectivity index (χ4n) is 5.45.